The Labute approximate surface area is 220 Å². The highest BCUT2D eigenvalue weighted by atomic mass is 16.5. The summed E-state index contributed by atoms with van der Waals surface area (Å²) in [5, 5.41) is 0. The Balaban J connectivity index is 1.38. The lowest BCUT2D eigenvalue weighted by atomic mass is 9.51. The lowest BCUT2D eigenvalue weighted by Gasteiger charge is -2.60. The maximum atomic E-state index is 13.7. The minimum absolute atomic E-state index is 0.0189. The molecule has 2 fully saturated rings. The van der Waals surface area contributed by atoms with Gasteiger partial charge in [-0.25, -0.2) is 0 Å². The molecule has 2 bridgehead atoms. The van der Waals surface area contributed by atoms with Crippen LogP contribution in [0, 0.1) is 23.7 Å². The van der Waals surface area contributed by atoms with Crippen molar-refractivity contribution in [3.63, 3.8) is 0 Å². The highest BCUT2D eigenvalue weighted by Gasteiger charge is 2.66. The molecule has 1 saturated carbocycles. The molecule has 1 amide bonds. The first-order chi connectivity index (χ1) is 17.9. The van der Waals surface area contributed by atoms with Crippen LogP contribution in [0.15, 0.2) is 48.5 Å². The normalized spacial score (nSPS) is 29.1. The van der Waals surface area contributed by atoms with Crippen LogP contribution in [0.25, 0.3) is 0 Å². The van der Waals surface area contributed by atoms with Gasteiger partial charge < -0.3 is 9.64 Å². The Morgan fingerprint density at radius 1 is 1.14 bits per heavy atom. The summed E-state index contributed by atoms with van der Waals surface area (Å²) >= 11 is 0. The molecule has 0 aromatic heterocycles. The van der Waals surface area contributed by atoms with Gasteiger partial charge in [-0.1, -0.05) is 50.1 Å². The van der Waals surface area contributed by atoms with E-state index in [1.165, 1.54) is 11.1 Å². The Morgan fingerprint density at radius 3 is 2.70 bits per heavy atom. The first-order valence-corrected chi connectivity index (χ1v) is 13.8. The van der Waals surface area contributed by atoms with Crippen molar-refractivity contribution < 1.29 is 14.3 Å². The Kier molecular flexibility index (Phi) is 6.12. The second kappa shape index (κ2) is 9.33. The molecule has 5 heteroatoms. The fourth-order valence-corrected chi connectivity index (χ4v) is 7.85. The summed E-state index contributed by atoms with van der Waals surface area (Å²) in [6.45, 7) is 8.10. The van der Waals surface area contributed by atoms with Gasteiger partial charge in [-0.3, -0.25) is 14.5 Å². The van der Waals surface area contributed by atoms with Gasteiger partial charge in [-0.2, -0.15) is 0 Å². The number of Topliss-reactive ketones (excluding diaryl/α,β-unsaturated/α-hetero) is 1. The molecule has 5 atom stereocenters. The zero-order chi connectivity index (χ0) is 25.7. The number of nitrogens with zero attached hydrogens (tertiary/aromatic N) is 2. The topological polar surface area (TPSA) is 49.9 Å². The average Bonchev–Trinajstić information content (AvgIpc) is 3.22. The standard InChI is InChI=1S/C32H36N2O3/c1-21(2)19-34(29(36)15-12-23-8-5-4-6-9-23)26-14-13-25-27-18-24-10-7-11-28-30(24)32(25,31(26)37-28)16-17-33(27)20-22(3)35/h4-11,21,25-27,31H,13-14,16-20H2,1-3H3/t25-,26-,27+,31-,32-/m0/s1. The molecular weight excluding hydrogens is 460 g/mol. The number of ketones is 1. The summed E-state index contributed by atoms with van der Waals surface area (Å²) in [6, 6.07) is 16.5. The van der Waals surface area contributed by atoms with Crippen LogP contribution in [0.3, 0.4) is 0 Å². The molecule has 37 heavy (non-hydrogen) atoms. The quantitative estimate of drug-likeness (QED) is 0.582. The van der Waals surface area contributed by atoms with E-state index in [1.54, 1.807) is 6.92 Å². The lowest BCUT2D eigenvalue weighted by molar-refractivity contribution is -0.139. The van der Waals surface area contributed by atoms with E-state index in [-0.39, 0.29) is 29.3 Å². The number of likely N-dealkylation sites (tertiary alicyclic amines) is 1. The van der Waals surface area contributed by atoms with Gasteiger partial charge in [-0.15, -0.1) is 0 Å². The fourth-order valence-electron chi connectivity index (χ4n) is 7.85. The van der Waals surface area contributed by atoms with Crippen LogP contribution < -0.4 is 4.74 Å². The van der Waals surface area contributed by atoms with Gasteiger partial charge >= 0.3 is 0 Å². The van der Waals surface area contributed by atoms with Crippen LogP contribution in [0.2, 0.25) is 0 Å². The van der Waals surface area contributed by atoms with Gasteiger partial charge in [0.1, 0.15) is 17.6 Å². The number of hydrogen-bond acceptors (Lipinski definition) is 4. The van der Waals surface area contributed by atoms with Crippen LogP contribution in [0.5, 0.6) is 5.75 Å². The summed E-state index contributed by atoms with van der Waals surface area (Å²) < 4.78 is 6.86. The molecule has 2 heterocycles. The van der Waals surface area contributed by atoms with Gasteiger partial charge in [0.25, 0.3) is 5.91 Å². The molecule has 2 aromatic carbocycles. The predicted octanol–water partition coefficient (Wildman–Crippen LogP) is 4.22. The summed E-state index contributed by atoms with van der Waals surface area (Å²) in [7, 11) is 0. The van der Waals surface area contributed by atoms with Crippen molar-refractivity contribution in [2.75, 3.05) is 19.6 Å². The minimum Gasteiger partial charge on any atom is -0.487 e. The zero-order valence-corrected chi connectivity index (χ0v) is 22.1. The molecule has 5 nitrogen and oxygen atoms in total. The maximum Gasteiger partial charge on any atom is 0.299 e. The number of hydrogen-bond donors (Lipinski definition) is 0. The van der Waals surface area contributed by atoms with Crippen LogP contribution >= 0.6 is 0 Å². The first kappa shape index (κ1) is 24.2. The van der Waals surface area contributed by atoms with E-state index < -0.39 is 0 Å². The van der Waals surface area contributed by atoms with Crippen molar-refractivity contribution >= 4 is 11.7 Å². The van der Waals surface area contributed by atoms with Crippen molar-refractivity contribution in [2.24, 2.45) is 11.8 Å². The monoisotopic (exact) mass is 496 g/mol. The van der Waals surface area contributed by atoms with E-state index in [2.05, 4.69) is 48.8 Å². The maximum absolute atomic E-state index is 13.7. The van der Waals surface area contributed by atoms with Crippen LogP contribution in [0.1, 0.15) is 56.7 Å². The molecule has 4 aliphatic rings. The van der Waals surface area contributed by atoms with Crippen molar-refractivity contribution in [1.29, 1.82) is 0 Å². The van der Waals surface area contributed by atoms with E-state index in [0.29, 0.717) is 31.0 Å². The molecule has 0 unspecified atom stereocenters. The third-order valence-corrected chi connectivity index (χ3v) is 9.04. The minimum atomic E-state index is -0.112. The molecule has 1 saturated heterocycles. The molecular formula is C32H36N2O3. The third-order valence-electron chi connectivity index (χ3n) is 9.04. The average molecular weight is 497 g/mol. The summed E-state index contributed by atoms with van der Waals surface area (Å²) in [5.74, 6) is 7.93. The van der Waals surface area contributed by atoms with E-state index in [4.69, 9.17) is 4.74 Å². The second-order valence-electron chi connectivity index (χ2n) is 11.8. The largest absolute Gasteiger partial charge is 0.487 e. The summed E-state index contributed by atoms with van der Waals surface area (Å²) in [5.41, 5.74) is 3.50. The van der Waals surface area contributed by atoms with E-state index in [1.807, 2.05) is 35.2 Å². The van der Waals surface area contributed by atoms with Crippen LogP contribution in [-0.4, -0.2) is 59.3 Å². The Bertz CT molecular complexity index is 1280. The number of amides is 1. The Morgan fingerprint density at radius 2 is 1.95 bits per heavy atom. The number of benzene rings is 2. The van der Waals surface area contributed by atoms with E-state index in [0.717, 1.165) is 43.5 Å². The van der Waals surface area contributed by atoms with Gasteiger partial charge in [0.2, 0.25) is 0 Å². The fraction of sp³-hybridized carbons (Fsp3) is 0.500. The smallest absolute Gasteiger partial charge is 0.299 e. The van der Waals surface area contributed by atoms with Gasteiger partial charge in [0, 0.05) is 35.0 Å². The number of ether oxygens (including phenoxy) is 1. The molecule has 1 spiro atoms. The van der Waals surface area contributed by atoms with Crippen LogP contribution in [0.4, 0.5) is 0 Å². The number of rotatable bonds is 5. The Hall–Kier alpha value is -3.10. The summed E-state index contributed by atoms with van der Waals surface area (Å²) in [4.78, 5) is 30.2. The molecule has 192 valence electrons. The molecule has 2 aliphatic carbocycles. The van der Waals surface area contributed by atoms with Gasteiger partial charge in [-0.05, 0) is 74.8 Å². The first-order valence-electron chi connectivity index (χ1n) is 13.8. The molecule has 2 aromatic rings. The van der Waals surface area contributed by atoms with Crippen molar-refractivity contribution in [1.82, 2.24) is 9.80 Å². The molecule has 0 N–H and O–H groups in total. The second-order valence-corrected chi connectivity index (χ2v) is 11.8. The lowest BCUT2D eigenvalue weighted by Crippen LogP contribution is -2.69. The highest BCUT2D eigenvalue weighted by Crippen LogP contribution is 2.62. The summed E-state index contributed by atoms with van der Waals surface area (Å²) in [6.07, 6.45) is 3.79. The molecule has 2 aliphatic heterocycles. The van der Waals surface area contributed by atoms with E-state index >= 15 is 0 Å². The van der Waals surface area contributed by atoms with Crippen molar-refractivity contribution in [2.45, 2.75) is 70.1 Å². The highest BCUT2D eigenvalue weighted by molar-refractivity contribution is 5.94. The number of carbonyl (C=O) groups excluding carboxylic acids is 2. The van der Waals surface area contributed by atoms with Gasteiger partial charge in [0.15, 0.2) is 0 Å². The van der Waals surface area contributed by atoms with Gasteiger partial charge in [0.05, 0.1) is 12.6 Å². The molecule has 0 radical (unpaired) electrons. The third kappa shape index (κ3) is 3.97. The van der Waals surface area contributed by atoms with Crippen LogP contribution in [-0.2, 0) is 21.4 Å². The van der Waals surface area contributed by atoms with E-state index in [9.17, 15) is 9.59 Å². The SMILES string of the molecule is CC(=O)CN1CC[C@]23c4c5cccc4O[C@H]2[C@@H](N(CC(C)C)C(=O)C#Cc2ccccc2)CC[C@H]3[C@H]1C5. The predicted molar refractivity (Wildman–Crippen MR) is 143 cm³/mol. The zero-order valence-electron chi connectivity index (χ0n) is 22.1. The van der Waals surface area contributed by atoms with Crippen molar-refractivity contribution in [3.8, 4) is 17.6 Å². The molecule has 6 rings (SSSR count). The van der Waals surface area contributed by atoms with Crippen molar-refractivity contribution in [3.05, 3.63) is 65.2 Å². The number of carbonyl (C=O) groups is 2. The number of piperidine rings is 1.